The Morgan fingerprint density at radius 2 is 1.75 bits per heavy atom. The summed E-state index contributed by atoms with van der Waals surface area (Å²) in [4.78, 5) is 32.0. The molecule has 32 heavy (non-hydrogen) atoms. The SMILES string of the molecule is O=C(Cn1c(C2CC(=O)N(c3ccccc3F)C2)nc2ccccc21)c1ccc(Cl)cc1. The molecule has 1 fully saturated rings. The second-order valence-electron chi connectivity index (χ2n) is 7.83. The van der Waals surface area contributed by atoms with Crippen LogP contribution in [0.4, 0.5) is 10.1 Å². The van der Waals surface area contributed by atoms with Crippen LogP contribution in [0.2, 0.25) is 5.02 Å². The molecular weight excluding hydrogens is 429 g/mol. The topological polar surface area (TPSA) is 55.2 Å². The van der Waals surface area contributed by atoms with Crippen LogP contribution in [-0.2, 0) is 11.3 Å². The van der Waals surface area contributed by atoms with E-state index in [4.69, 9.17) is 16.6 Å². The largest absolute Gasteiger partial charge is 0.320 e. The number of imidazole rings is 1. The minimum absolute atomic E-state index is 0.0821. The van der Waals surface area contributed by atoms with E-state index in [1.54, 1.807) is 42.5 Å². The summed E-state index contributed by atoms with van der Waals surface area (Å²) in [7, 11) is 0. The zero-order valence-corrected chi connectivity index (χ0v) is 17.8. The number of hydrogen-bond donors (Lipinski definition) is 0. The van der Waals surface area contributed by atoms with Crippen molar-refractivity contribution in [3.05, 3.63) is 95.0 Å². The van der Waals surface area contributed by atoms with Gasteiger partial charge in [-0.3, -0.25) is 9.59 Å². The first-order chi connectivity index (χ1) is 15.5. The lowest BCUT2D eigenvalue weighted by Crippen LogP contribution is -2.25. The van der Waals surface area contributed by atoms with Crippen molar-refractivity contribution in [2.45, 2.75) is 18.9 Å². The summed E-state index contributed by atoms with van der Waals surface area (Å²) in [6.45, 7) is 0.389. The monoisotopic (exact) mass is 447 g/mol. The van der Waals surface area contributed by atoms with E-state index in [1.165, 1.54) is 11.0 Å². The Hall–Kier alpha value is -3.51. The van der Waals surface area contributed by atoms with E-state index in [0.717, 1.165) is 11.0 Å². The number of ketones is 1. The van der Waals surface area contributed by atoms with Crippen molar-refractivity contribution in [3.63, 3.8) is 0 Å². The molecule has 4 aromatic rings. The number of aromatic nitrogens is 2. The van der Waals surface area contributed by atoms with Gasteiger partial charge >= 0.3 is 0 Å². The molecule has 5 rings (SSSR count). The highest BCUT2D eigenvalue weighted by Crippen LogP contribution is 2.34. The maximum Gasteiger partial charge on any atom is 0.227 e. The quantitative estimate of drug-likeness (QED) is 0.393. The van der Waals surface area contributed by atoms with Gasteiger partial charge in [-0.2, -0.15) is 0 Å². The molecule has 5 nitrogen and oxygen atoms in total. The fraction of sp³-hybridized carbons (Fsp3) is 0.160. The minimum atomic E-state index is -0.437. The molecule has 0 aliphatic carbocycles. The van der Waals surface area contributed by atoms with Gasteiger partial charge in [-0.25, -0.2) is 9.37 Å². The van der Waals surface area contributed by atoms with Gasteiger partial charge < -0.3 is 9.47 Å². The van der Waals surface area contributed by atoms with Gasteiger partial charge in [0.1, 0.15) is 11.6 Å². The lowest BCUT2D eigenvalue weighted by molar-refractivity contribution is -0.117. The third-order valence-corrected chi connectivity index (χ3v) is 6.04. The number of fused-ring (bicyclic) bond motifs is 1. The van der Waals surface area contributed by atoms with Crippen LogP contribution in [0.15, 0.2) is 72.8 Å². The van der Waals surface area contributed by atoms with Crippen LogP contribution in [-0.4, -0.2) is 27.8 Å². The van der Waals surface area contributed by atoms with Crippen molar-refractivity contribution >= 4 is 40.0 Å². The van der Waals surface area contributed by atoms with Gasteiger partial charge in [0.15, 0.2) is 5.78 Å². The molecule has 0 spiro atoms. The molecule has 2 heterocycles. The summed E-state index contributed by atoms with van der Waals surface area (Å²) in [5.41, 5.74) is 2.39. The van der Waals surface area contributed by atoms with Crippen LogP contribution >= 0.6 is 11.6 Å². The molecule has 1 amide bonds. The molecule has 0 saturated carbocycles. The average molecular weight is 448 g/mol. The van der Waals surface area contributed by atoms with Crippen molar-refractivity contribution in [2.24, 2.45) is 0 Å². The number of amides is 1. The molecule has 1 aliphatic rings. The van der Waals surface area contributed by atoms with E-state index in [2.05, 4.69) is 0 Å². The number of benzene rings is 3. The Labute approximate surface area is 189 Å². The number of nitrogens with zero attached hydrogens (tertiary/aromatic N) is 3. The number of anilines is 1. The van der Waals surface area contributed by atoms with Gasteiger partial charge in [-0.15, -0.1) is 0 Å². The molecule has 3 aromatic carbocycles. The summed E-state index contributed by atoms with van der Waals surface area (Å²) >= 11 is 5.95. The van der Waals surface area contributed by atoms with Gasteiger partial charge in [0.25, 0.3) is 0 Å². The van der Waals surface area contributed by atoms with E-state index < -0.39 is 5.82 Å². The number of halogens is 2. The number of carbonyl (C=O) groups is 2. The van der Waals surface area contributed by atoms with Crippen molar-refractivity contribution < 1.29 is 14.0 Å². The van der Waals surface area contributed by atoms with E-state index >= 15 is 0 Å². The van der Waals surface area contributed by atoms with Crippen molar-refractivity contribution in [1.82, 2.24) is 9.55 Å². The highest BCUT2D eigenvalue weighted by molar-refractivity contribution is 6.30. The van der Waals surface area contributed by atoms with Crippen LogP contribution in [0.5, 0.6) is 0 Å². The average Bonchev–Trinajstić information content (AvgIpc) is 3.35. The highest BCUT2D eigenvalue weighted by atomic mass is 35.5. The van der Waals surface area contributed by atoms with Crippen LogP contribution in [0.3, 0.4) is 0 Å². The highest BCUT2D eigenvalue weighted by Gasteiger charge is 2.36. The van der Waals surface area contributed by atoms with E-state index in [0.29, 0.717) is 23.0 Å². The lowest BCUT2D eigenvalue weighted by atomic mass is 10.1. The third kappa shape index (κ3) is 3.67. The van der Waals surface area contributed by atoms with Gasteiger partial charge in [0.05, 0.1) is 23.3 Å². The summed E-state index contributed by atoms with van der Waals surface area (Å²) in [6.07, 6.45) is 0.201. The van der Waals surface area contributed by atoms with Crippen LogP contribution in [0, 0.1) is 5.82 Å². The Kier molecular flexibility index (Phi) is 5.23. The zero-order valence-electron chi connectivity index (χ0n) is 17.0. The Bertz CT molecular complexity index is 1330. The normalized spacial score (nSPS) is 16.1. The molecule has 1 unspecified atom stereocenters. The molecule has 1 saturated heterocycles. The predicted octanol–water partition coefficient (Wildman–Crippen LogP) is 5.23. The van der Waals surface area contributed by atoms with Gasteiger partial charge in [-0.05, 0) is 48.5 Å². The molecule has 7 heteroatoms. The van der Waals surface area contributed by atoms with Gasteiger partial charge in [-0.1, -0.05) is 35.9 Å². The van der Waals surface area contributed by atoms with Gasteiger partial charge in [0.2, 0.25) is 5.91 Å². The number of Topliss-reactive ketones (excluding diaryl/α,β-unsaturated/α-hetero) is 1. The van der Waals surface area contributed by atoms with E-state index in [-0.39, 0.29) is 36.3 Å². The smallest absolute Gasteiger partial charge is 0.227 e. The second kappa shape index (κ2) is 8.20. The first-order valence-corrected chi connectivity index (χ1v) is 10.7. The number of carbonyl (C=O) groups excluding carboxylic acids is 2. The molecular formula is C25H19ClFN3O2. The van der Waals surface area contributed by atoms with Crippen molar-refractivity contribution in [1.29, 1.82) is 0 Å². The minimum Gasteiger partial charge on any atom is -0.320 e. The first-order valence-electron chi connectivity index (χ1n) is 10.3. The fourth-order valence-electron chi connectivity index (χ4n) is 4.23. The Balaban J connectivity index is 1.51. The second-order valence-corrected chi connectivity index (χ2v) is 8.27. The molecule has 160 valence electrons. The maximum absolute atomic E-state index is 14.3. The Morgan fingerprint density at radius 3 is 2.53 bits per heavy atom. The van der Waals surface area contributed by atoms with Crippen molar-refractivity contribution in [3.8, 4) is 0 Å². The molecule has 1 aromatic heterocycles. The number of para-hydroxylation sites is 3. The molecule has 0 bridgehead atoms. The van der Waals surface area contributed by atoms with Crippen LogP contribution < -0.4 is 4.90 Å². The molecule has 1 aliphatic heterocycles. The standard InChI is InChI=1S/C25H19ClFN3O2/c26-18-11-9-16(10-12-18)23(31)15-30-22-8-4-2-6-20(22)28-25(30)17-13-24(32)29(14-17)21-7-3-1-5-19(21)27/h1-12,17H,13-15H2. The first kappa shape index (κ1) is 20.4. The fourth-order valence-corrected chi connectivity index (χ4v) is 4.35. The molecule has 0 N–H and O–H groups in total. The number of hydrogen-bond acceptors (Lipinski definition) is 3. The van der Waals surface area contributed by atoms with Crippen LogP contribution in [0.25, 0.3) is 11.0 Å². The zero-order chi connectivity index (χ0) is 22.2. The predicted molar refractivity (Wildman–Crippen MR) is 122 cm³/mol. The lowest BCUT2D eigenvalue weighted by Gasteiger charge is -2.18. The van der Waals surface area contributed by atoms with Crippen LogP contribution in [0.1, 0.15) is 28.5 Å². The van der Waals surface area contributed by atoms with E-state index in [9.17, 15) is 14.0 Å². The molecule has 1 atom stereocenters. The molecule has 0 radical (unpaired) electrons. The van der Waals surface area contributed by atoms with Crippen molar-refractivity contribution in [2.75, 3.05) is 11.4 Å². The summed E-state index contributed by atoms with van der Waals surface area (Å²) in [5.74, 6) is -0.287. The van der Waals surface area contributed by atoms with E-state index in [1.807, 2.05) is 28.8 Å². The van der Waals surface area contributed by atoms with Gasteiger partial charge in [0, 0.05) is 29.5 Å². The number of rotatable bonds is 5. The third-order valence-electron chi connectivity index (χ3n) is 5.79. The summed E-state index contributed by atoms with van der Waals surface area (Å²) in [6, 6.07) is 20.6. The maximum atomic E-state index is 14.3. The summed E-state index contributed by atoms with van der Waals surface area (Å²) in [5, 5.41) is 0.563. The Morgan fingerprint density at radius 1 is 1.03 bits per heavy atom. The summed E-state index contributed by atoms with van der Waals surface area (Å²) < 4.78 is 16.2.